The van der Waals surface area contributed by atoms with E-state index in [0.29, 0.717) is 34.4 Å². The first-order chi connectivity index (χ1) is 16.5. The number of fused-ring (bicyclic) bond motifs is 1. The molecule has 5 nitrogen and oxygen atoms in total. The Bertz CT molecular complexity index is 1310. The molecule has 0 saturated carbocycles. The van der Waals surface area contributed by atoms with E-state index in [1.54, 1.807) is 26.4 Å². The molecule has 174 valence electrons. The minimum Gasteiger partial charge on any atom is -0.493 e. The molecule has 3 aromatic rings. The molecule has 3 aromatic carbocycles. The molecule has 0 spiro atoms. The van der Waals surface area contributed by atoms with E-state index >= 15 is 0 Å². The van der Waals surface area contributed by atoms with Crippen LogP contribution < -0.4 is 20.1 Å². The van der Waals surface area contributed by atoms with Crippen molar-refractivity contribution in [1.29, 1.82) is 0 Å². The second-order valence-corrected chi connectivity index (χ2v) is 9.31. The summed E-state index contributed by atoms with van der Waals surface area (Å²) in [5.41, 5.74) is 5.19. The monoisotopic (exact) mass is 522 g/mol. The SMILES string of the molecule is COc1ccc(C2CC(=O)C3=C(C2)Nc2ccccc2NC3c2ccc(F)c(Br)c2)cc1OC. The number of methoxy groups -OCH3 is 2. The number of Topliss-reactive ketones (excluding diaryl/α,β-unsaturated/α-hetero) is 1. The highest BCUT2D eigenvalue weighted by Crippen LogP contribution is 2.45. The second-order valence-electron chi connectivity index (χ2n) is 8.46. The van der Waals surface area contributed by atoms with Gasteiger partial charge in [-0.15, -0.1) is 0 Å². The van der Waals surface area contributed by atoms with Gasteiger partial charge in [-0.3, -0.25) is 4.79 Å². The molecule has 0 aromatic heterocycles. The van der Waals surface area contributed by atoms with Crippen molar-refractivity contribution in [2.45, 2.75) is 24.8 Å². The zero-order valence-corrected chi connectivity index (χ0v) is 20.4. The van der Waals surface area contributed by atoms with E-state index in [-0.39, 0.29) is 17.5 Å². The number of ketones is 1. The van der Waals surface area contributed by atoms with Crippen molar-refractivity contribution in [1.82, 2.24) is 0 Å². The molecule has 1 aliphatic carbocycles. The number of allylic oxidation sites excluding steroid dienone is 1. The van der Waals surface area contributed by atoms with Gasteiger partial charge >= 0.3 is 0 Å². The van der Waals surface area contributed by atoms with Crippen molar-refractivity contribution in [3.8, 4) is 11.5 Å². The fourth-order valence-electron chi connectivity index (χ4n) is 4.78. The van der Waals surface area contributed by atoms with E-state index < -0.39 is 6.04 Å². The molecular weight excluding hydrogens is 499 g/mol. The van der Waals surface area contributed by atoms with Crippen molar-refractivity contribution in [2.75, 3.05) is 24.9 Å². The minimum atomic E-state index is -0.401. The number of benzene rings is 3. The number of anilines is 2. The van der Waals surface area contributed by atoms with E-state index in [2.05, 4.69) is 26.6 Å². The van der Waals surface area contributed by atoms with Crippen LogP contribution in [0.4, 0.5) is 15.8 Å². The molecule has 2 N–H and O–H groups in total. The highest BCUT2D eigenvalue weighted by Gasteiger charge is 2.36. The molecule has 2 atom stereocenters. The average Bonchev–Trinajstić information content (AvgIpc) is 3.02. The highest BCUT2D eigenvalue weighted by molar-refractivity contribution is 9.10. The van der Waals surface area contributed by atoms with Crippen molar-refractivity contribution < 1.29 is 18.7 Å². The Morgan fingerprint density at radius 2 is 1.65 bits per heavy atom. The topological polar surface area (TPSA) is 59.6 Å². The molecule has 0 saturated heterocycles. The van der Waals surface area contributed by atoms with Gasteiger partial charge < -0.3 is 20.1 Å². The fourth-order valence-corrected chi connectivity index (χ4v) is 5.17. The summed E-state index contributed by atoms with van der Waals surface area (Å²) < 4.78 is 25.2. The maximum atomic E-state index is 14.0. The lowest BCUT2D eigenvalue weighted by Crippen LogP contribution is -2.27. The van der Waals surface area contributed by atoms with E-state index in [0.717, 1.165) is 28.2 Å². The lowest BCUT2D eigenvalue weighted by molar-refractivity contribution is -0.116. The van der Waals surface area contributed by atoms with Crippen molar-refractivity contribution in [2.24, 2.45) is 0 Å². The van der Waals surface area contributed by atoms with E-state index in [1.807, 2.05) is 42.5 Å². The molecule has 2 aliphatic rings. The lowest BCUT2D eigenvalue weighted by Gasteiger charge is -2.30. The van der Waals surface area contributed by atoms with Gasteiger partial charge in [0.2, 0.25) is 0 Å². The van der Waals surface area contributed by atoms with Crippen molar-refractivity contribution >= 4 is 33.1 Å². The first-order valence-electron chi connectivity index (χ1n) is 11.0. The van der Waals surface area contributed by atoms with Crippen LogP contribution in [0.1, 0.15) is 35.9 Å². The number of hydrogen-bond donors (Lipinski definition) is 2. The van der Waals surface area contributed by atoms with Gasteiger partial charge in [-0.05, 0) is 75.8 Å². The summed E-state index contributed by atoms with van der Waals surface area (Å²) >= 11 is 3.29. The Labute approximate surface area is 206 Å². The van der Waals surface area contributed by atoms with Gasteiger partial charge in [-0.1, -0.05) is 24.3 Å². The summed E-state index contributed by atoms with van der Waals surface area (Å²) in [5.74, 6) is 1.00. The Hall–Kier alpha value is -3.32. The maximum absolute atomic E-state index is 14.0. The third kappa shape index (κ3) is 4.05. The summed E-state index contributed by atoms with van der Waals surface area (Å²) in [6.07, 6.45) is 1.03. The molecule has 0 bridgehead atoms. The fraction of sp³-hybridized carbons (Fsp3) is 0.222. The van der Waals surface area contributed by atoms with E-state index in [9.17, 15) is 9.18 Å². The van der Waals surface area contributed by atoms with Gasteiger partial charge in [0.25, 0.3) is 0 Å². The molecule has 1 heterocycles. The van der Waals surface area contributed by atoms with Crippen molar-refractivity contribution in [3.05, 3.63) is 93.4 Å². The molecule has 7 heteroatoms. The molecule has 1 aliphatic heterocycles. The van der Waals surface area contributed by atoms with Gasteiger partial charge in [-0.2, -0.15) is 0 Å². The van der Waals surface area contributed by atoms with Gasteiger partial charge in [0, 0.05) is 17.7 Å². The standard InChI is InChI=1S/C27H24BrFN2O3/c1-33-24-10-8-15(14-25(24)34-2)17-12-22-26(23(32)13-17)27(16-7-9-19(29)18(28)11-16)31-21-6-4-3-5-20(21)30-22/h3-11,14,17,27,30-31H,12-13H2,1-2H3. The Morgan fingerprint density at radius 3 is 2.38 bits per heavy atom. The zero-order valence-electron chi connectivity index (χ0n) is 18.8. The Morgan fingerprint density at radius 1 is 0.912 bits per heavy atom. The minimum absolute atomic E-state index is 0.00979. The number of halogens is 2. The van der Waals surface area contributed by atoms with Crippen LogP contribution in [0.25, 0.3) is 0 Å². The average molecular weight is 523 g/mol. The summed E-state index contributed by atoms with van der Waals surface area (Å²) in [6, 6.07) is 18.2. The van der Waals surface area contributed by atoms with Crippen LogP contribution in [-0.2, 0) is 4.79 Å². The number of hydrogen-bond acceptors (Lipinski definition) is 5. The first-order valence-corrected chi connectivity index (χ1v) is 11.8. The predicted molar refractivity (Wildman–Crippen MR) is 134 cm³/mol. The largest absolute Gasteiger partial charge is 0.493 e. The van der Waals surface area contributed by atoms with Crippen LogP contribution in [0, 0.1) is 5.82 Å². The van der Waals surface area contributed by atoms with Gasteiger partial charge in [0.05, 0.1) is 36.1 Å². The molecule has 0 fully saturated rings. The lowest BCUT2D eigenvalue weighted by atomic mass is 9.78. The van der Waals surface area contributed by atoms with E-state index in [1.165, 1.54) is 6.07 Å². The van der Waals surface area contributed by atoms with Gasteiger partial charge in [-0.25, -0.2) is 4.39 Å². The second kappa shape index (κ2) is 9.14. The number of carbonyl (C=O) groups excluding carboxylic acids is 1. The normalized spacial score (nSPS) is 19.4. The van der Waals surface area contributed by atoms with Crippen LogP contribution in [0.2, 0.25) is 0 Å². The van der Waals surface area contributed by atoms with Crippen LogP contribution in [0.5, 0.6) is 11.5 Å². The summed E-state index contributed by atoms with van der Waals surface area (Å²) in [6.45, 7) is 0. The molecule has 5 rings (SSSR count). The van der Waals surface area contributed by atoms with Crippen LogP contribution in [-0.4, -0.2) is 20.0 Å². The highest BCUT2D eigenvalue weighted by atomic mass is 79.9. The number of nitrogens with one attached hydrogen (secondary N) is 2. The van der Waals surface area contributed by atoms with Crippen LogP contribution in [0.15, 0.2) is 76.4 Å². The number of ether oxygens (including phenoxy) is 2. The molecular formula is C27H24BrFN2O3. The Balaban J connectivity index is 1.59. The molecule has 34 heavy (non-hydrogen) atoms. The molecule has 0 amide bonds. The van der Waals surface area contributed by atoms with Crippen LogP contribution in [0.3, 0.4) is 0 Å². The number of carbonyl (C=O) groups is 1. The maximum Gasteiger partial charge on any atom is 0.163 e. The van der Waals surface area contributed by atoms with Gasteiger partial charge in [0.15, 0.2) is 17.3 Å². The quantitative estimate of drug-likeness (QED) is 0.405. The molecule has 2 unspecified atom stereocenters. The zero-order chi connectivity index (χ0) is 23.8. The number of para-hydroxylation sites is 2. The van der Waals surface area contributed by atoms with Crippen LogP contribution >= 0.6 is 15.9 Å². The Kier molecular flexibility index (Phi) is 6.04. The van der Waals surface area contributed by atoms with E-state index in [4.69, 9.17) is 9.47 Å². The summed E-state index contributed by atoms with van der Waals surface area (Å²) in [4.78, 5) is 13.6. The smallest absolute Gasteiger partial charge is 0.163 e. The third-order valence-electron chi connectivity index (χ3n) is 6.46. The number of rotatable bonds is 4. The van der Waals surface area contributed by atoms with Gasteiger partial charge in [0.1, 0.15) is 5.82 Å². The summed E-state index contributed by atoms with van der Waals surface area (Å²) in [7, 11) is 3.21. The first kappa shape index (κ1) is 22.5. The third-order valence-corrected chi connectivity index (χ3v) is 7.07. The summed E-state index contributed by atoms with van der Waals surface area (Å²) in [5, 5.41) is 7.04. The molecule has 0 radical (unpaired) electrons. The predicted octanol–water partition coefficient (Wildman–Crippen LogP) is 6.58. The van der Waals surface area contributed by atoms with Crippen molar-refractivity contribution in [3.63, 3.8) is 0 Å².